The van der Waals surface area contributed by atoms with Crippen molar-refractivity contribution in [3.63, 3.8) is 0 Å². The number of hydrogen-bond donors (Lipinski definition) is 1. The van der Waals surface area contributed by atoms with E-state index in [0.29, 0.717) is 4.99 Å². The normalized spacial score (nSPS) is 12.2. The highest BCUT2D eigenvalue weighted by atomic mass is 32.1. The summed E-state index contributed by atoms with van der Waals surface area (Å²) in [6, 6.07) is 8.48. The van der Waals surface area contributed by atoms with E-state index in [-0.39, 0.29) is 6.04 Å². The lowest BCUT2D eigenvalue weighted by molar-refractivity contribution is 0.789. The third-order valence-corrected chi connectivity index (χ3v) is 2.89. The molecule has 82 valence electrons. The Kier molecular flexibility index (Phi) is 4.09. The van der Waals surface area contributed by atoms with Gasteiger partial charge in [-0.25, -0.2) is 0 Å². The second kappa shape index (κ2) is 5.12. The predicted molar refractivity (Wildman–Crippen MR) is 70.4 cm³/mol. The van der Waals surface area contributed by atoms with E-state index in [1.165, 1.54) is 11.3 Å². The lowest BCUT2D eigenvalue weighted by Crippen LogP contribution is -2.41. The summed E-state index contributed by atoms with van der Waals surface area (Å²) in [7, 11) is 0. The van der Waals surface area contributed by atoms with Gasteiger partial charge in [-0.15, -0.1) is 0 Å². The fraction of sp³-hybridized carbons (Fsp3) is 0.417. The van der Waals surface area contributed by atoms with Gasteiger partial charge in [-0.3, -0.25) is 0 Å². The van der Waals surface area contributed by atoms with Gasteiger partial charge in [-0.2, -0.15) is 0 Å². The maximum Gasteiger partial charge on any atom is 0.0953 e. The molecule has 3 heteroatoms. The number of anilines is 1. The molecule has 0 spiro atoms. The Balaban J connectivity index is 2.97. The van der Waals surface area contributed by atoms with Gasteiger partial charge in [-0.1, -0.05) is 24.4 Å². The van der Waals surface area contributed by atoms with Gasteiger partial charge in [0.2, 0.25) is 0 Å². The van der Waals surface area contributed by atoms with Crippen LogP contribution in [0.2, 0.25) is 0 Å². The summed E-state index contributed by atoms with van der Waals surface area (Å²) < 4.78 is 0. The van der Waals surface area contributed by atoms with Crippen LogP contribution in [0.4, 0.5) is 5.69 Å². The molecule has 2 nitrogen and oxygen atoms in total. The lowest BCUT2D eigenvalue weighted by Gasteiger charge is -2.29. The zero-order chi connectivity index (χ0) is 11.4. The molecule has 0 radical (unpaired) electrons. The summed E-state index contributed by atoms with van der Waals surface area (Å²) in [6.07, 6.45) is 0. The molecule has 0 fully saturated rings. The number of hydrogen-bond acceptors (Lipinski definition) is 2. The molecule has 1 aromatic carbocycles. The van der Waals surface area contributed by atoms with Gasteiger partial charge in [0.15, 0.2) is 0 Å². The first-order valence-corrected chi connectivity index (χ1v) is 5.59. The molecule has 0 saturated carbocycles. The minimum Gasteiger partial charge on any atom is -0.392 e. The van der Waals surface area contributed by atoms with E-state index >= 15 is 0 Å². The Morgan fingerprint density at radius 1 is 1.53 bits per heavy atom. The van der Waals surface area contributed by atoms with E-state index in [1.54, 1.807) is 0 Å². The number of nitrogens with zero attached hydrogens (tertiary/aromatic N) is 1. The van der Waals surface area contributed by atoms with E-state index in [4.69, 9.17) is 18.0 Å². The maximum atomic E-state index is 5.68. The van der Waals surface area contributed by atoms with E-state index in [1.807, 2.05) is 6.92 Å². The second-order valence-corrected chi connectivity index (χ2v) is 4.17. The predicted octanol–water partition coefficient (Wildman–Crippen LogP) is 2.50. The molecule has 1 rings (SSSR count). The molecule has 0 aromatic heterocycles. The quantitative estimate of drug-likeness (QED) is 0.794. The van der Waals surface area contributed by atoms with Crippen LogP contribution in [-0.4, -0.2) is 17.6 Å². The van der Waals surface area contributed by atoms with Crippen molar-refractivity contribution in [1.82, 2.24) is 0 Å². The first-order chi connectivity index (χ1) is 7.06. The fourth-order valence-corrected chi connectivity index (χ4v) is 1.77. The van der Waals surface area contributed by atoms with Crippen molar-refractivity contribution in [2.24, 2.45) is 5.73 Å². The number of rotatable bonds is 4. The van der Waals surface area contributed by atoms with Crippen molar-refractivity contribution in [2.75, 3.05) is 11.4 Å². The summed E-state index contributed by atoms with van der Waals surface area (Å²) in [5.41, 5.74) is 8.11. The minimum absolute atomic E-state index is 0.104. The van der Waals surface area contributed by atoms with Crippen LogP contribution in [0.5, 0.6) is 0 Å². The standard InChI is InChI=1S/C12H18N2S/c1-4-14(10(3)12(13)15)11-7-5-6-9(2)8-11/h5-8,10H,4H2,1-3H3,(H2,13,15). The Morgan fingerprint density at radius 2 is 2.20 bits per heavy atom. The monoisotopic (exact) mass is 222 g/mol. The summed E-state index contributed by atoms with van der Waals surface area (Å²) in [6.45, 7) is 7.13. The summed E-state index contributed by atoms with van der Waals surface area (Å²) in [4.78, 5) is 2.74. The van der Waals surface area contributed by atoms with Gasteiger partial charge in [0.05, 0.1) is 11.0 Å². The number of nitrogens with two attached hydrogens (primary N) is 1. The van der Waals surface area contributed by atoms with Gasteiger partial charge in [0.1, 0.15) is 0 Å². The van der Waals surface area contributed by atoms with Crippen molar-refractivity contribution < 1.29 is 0 Å². The zero-order valence-corrected chi connectivity index (χ0v) is 10.3. The maximum absolute atomic E-state index is 5.68. The molecule has 1 atom stereocenters. The fourth-order valence-electron chi connectivity index (χ4n) is 1.64. The summed E-state index contributed by atoms with van der Waals surface area (Å²) in [5.74, 6) is 0. The van der Waals surface area contributed by atoms with Gasteiger partial charge in [0.25, 0.3) is 0 Å². The van der Waals surface area contributed by atoms with E-state index in [2.05, 4.69) is 43.0 Å². The molecule has 15 heavy (non-hydrogen) atoms. The molecule has 0 saturated heterocycles. The van der Waals surface area contributed by atoms with Crippen molar-refractivity contribution in [2.45, 2.75) is 26.8 Å². The average molecular weight is 222 g/mol. The number of likely N-dealkylation sites (N-methyl/N-ethyl adjacent to an activating group) is 1. The molecule has 0 aliphatic carbocycles. The molecule has 0 bridgehead atoms. The third-order valence-electron chi connectivity index (χ3n) is 2.55. The highest BCUT2D eigenvalue weighted by Gasteiger charge is 2.14. The largest absolute Gasteiger partial charge is 0.392 e. The molecular weight excluding hydrogens is 204 g/mol. The first-order valence-electron chi connectivity index (χ1n) is 5.19. The number of benzene rings is 1. The van der Waals surface area contributed by atoms with Gasteiger partial charge in [-0.05, 0) is 38.5 Å². The van der Waals surface area contributed by atoms with Crippen LogP contribution in [0.15, 0.2) is 24.3 Å². The Hall–Kier alpha value is -1.09. The van der Waals surface area contributed by atoms with Crippen LogP contribution in [0.25, 0.3) is 0 Å². The Labute approximate surface area is 97.1 Å². The highest BCUT2D eigenvalue weighted by Crippen LogP contribution is 2.18. The van der Waals surface area contributed by atoms with Crippen LogP contribution in [-0.2, 0) is 0 Å². The number of aryl methyl sites for hydroxylation is 1. The molecule has 0 aliphatic rings. The number of thiocarbonyl (C=S) groups is 1. The van der Waals surface area contributed by atoms with Crippen LogP contribution in [0.1, 0.15) is 19.4 Å². The zero-order valence-electron chi connectivity index (χ0n) is 9.53. The summed E-state index contributed by atoms with van der Waals surface area (Å²) in [5, 5.41) is 0. The Bertz CT molecular complexity index is 349. The van der Waals surface area contributed by atoms with Crippen LogP contribution in [0.3, 0.4) is 0 Å². The van der Waals surface area contributed by atoms with Crippen molar-refractivity contribution in [3.05, 3.63) is 29.8 Å². The van der Waals surface area contributed by atoms with E-state index < -0.39 is 0 Å². The third kappa shape index (κ3) is 2.93. The van der Waals surface area contributed by atoms with Crippen molar-refractivity contribution in [1.29, 1.82) is 0 Å². The van der Waals surface area contributed by atoms with Crippen molar-refractivity contribution in [3.8, 4) is 0 Å². The minimum atomic E-state index is 0.104. The average Bonchev–Trinajstić information content (AvgIpc) is 2.18. The Morgan fingerprint density at radius 3 is 2.67 bits per heavy atom. The molecule has 2 N–H and O–H groups in total. The molecule has 0 amide bonds. The van der Waals surface area contributed by atoms with E-state index in [0.717, 1.165) is 6.54 Å². The topological polar surface area (TPSA) is 29.3 Å². The first kappa shape index (κ1) is 12.0. The SMILES string of the molecule is CCN(c1cccc(C)c1)C(C)C(N)=S. The van der Waals surface area contributed by atoms with Gasteiger partial charge in [0, 0.05) is 12.2 Å². The van der Waals surface area contributed by atoms with Crippen LogP contribution < -0.4 is 10.6 Å². The molecule has 0 heterocycles. The molecular formula is C12H18N2S. The summed E-state index contributed by atoms with van der Waals surface area (Å²) >= 11 is 5.03. The van der Waals surface area contributed by atoms with Gasteiger partial charge >= 0.3 is 0 Å². The van der Waals surface area contributed by atoms with Crippen molar-refractivity contribution >= 4 is 22.9 Å². The molecule has 1 unspecified atom stereocenters. The lowest BCUT2D eigenvalue weighted by atomic mass is 10.1. The van der Waals surface area contributed by atoms with Crippen LogP contribution >= 0.6 is 12.2 Å². The molecule has 0 aliphatic heterocycles. The highest BCUT2D eigenvalue weighted by molar-refractivity contribution is 7.80. The van der Waals surface area contributed by atoms with E-state index in [9.17, 15) is 0 Å². The molecule has 1 aromatic rings. The van der Waals surface area contributed by atoms with Gasteiger partial charge < -0.3 is 10.6 Å². The van der Waals surface area contributed by atoms with Crippen LogP contribution in [0, 0.1) is 6.92 Å². The second-order valence-electron chi connectivity index (χ2n) is 3.70. The smallest absolute Gasteiger partial charge is 0.0953 e.